The Bertz CT molecular complexity index is 992. The Labute approximate surface area is 186 Å². The molecule has 0 saturated heterocycles. The summed E-state index contributed by atoms with van der Waals surface area (Å²) in [7, 11) is 1.52. The van der Waals surface area contributed by atoms with Gasteiger partial charge in [0.25, 0.3) is 5.91 Å². The number of ether oxygens (including phenoxy) is 1. The van der Waals surface area contributed by atoms with E-state index in [1.54, 1.807) is 44.2 Å². The molecule has 0 unspecified atom stereocenters. The molecule has 2 aromatic rings. The van der Waals surface area contributed by atoms with Gasteiger partial charge in [0.15, 0.2) is 0 Å². The Morgan fingerprint density at radius 1 is 1.16 bits per heavy atom. The van der Waals surface area contributed by atoms with Crippen LogP contribution in [0, 0.1) is 17.6 Å². The number of carbonyl (C=O) groups excluding carboxylic acids is 2. The molecule has 32 heavy (non-hydrogen) atoms. The van der Waals surface area contributed by atoms with E-state index in [9.17, 15) is 18.4 Å². The molecule has 3 rings (SSSR count). The van der Waals surface area contributed by atoms with E-state index in [2.05, 4.69) is 5.10 Å². The topological polar surface area (TPSA) is 62.2 Å². The van der Waals surface area contributed by atoms with Gasteiger partial charge in [-0.15, -0.1) is 0 Å². The highest BCUT2D eigenvalue weighted by Crippen LogP contribution is 2.33. The lowest BCUT2D eigenvalue weighted by Crippen LogP contribution is -2.44. The number of halogens is 2. The second-order valence-electron chi connectivity index (χ2n) is 7.94. The van der Waals surface area contributed by atoms with Crippen LogP contribution in [0.3, 0.4) is 0 Å². The molecular weight excluding hydrogens is 416 g/mol. The van der Waals surface area contributed by atoms with Crippen molar-refractivity contribution in [2.75, 3.05) is 26.8 Å². The van der Waals surface area contributed by atoms with Crippen molar-refractivity contribution in [3.05, 3.63) is 71.3 Å². The molecule has 1 aliphatic rings. The molecule has 0 fully saturated rings. The van der Waals surface area contributed by atoms with Crippen LogP contribution < -0.4 is 0 Å². The van der Waals surface area contributed by atoms with Crippen molar-refractivity contribution in [1.82, 2.24) is 9.91 Å². The standard InChI is InChI=1S/C24H27F2N3O3/c1-16(2)24(31)28(12-13-32-3)15-23(30)29-22(17-8-10-18(25)11-9-17)14-21(27-29)19-6-4-5-7-20(19)26/h4-11,16,22H,12-15H2,1-3H3/t22-/m1/s1. The second kappa shape index (κ2) is 10.5. The Morgan fingerprint density at radius 3 is 2.47 bits per heavy atom. The van der Waals surface area contributed by atoms with E-state index in [0.717, 1.165) is 0 Å². The van der Waals surface area contributed by atoms with Gasteiger partial charge in [0.05, 0.1) is 18.4 Å². The molecule has 0 spiro atoms. The first-order valence-electron chi connectivity index (χ1n) is 10.5. The first kappa shape index (κ1) is 23.5. The van der Waals surface area contributed by atoms with Gasteiger partial charge >= 0.3 is 0 Å². The third kappa shape index (κ3) is 5.37. The second-order valence-corrected chi connectivity index (χ2v) is 7.94. The fourth-order valence-corrected chi connectivity index (χ4v) is 3.61. The van der Waals surface area contributed by atoms with Crippen LogP contribution >= 0.6 is 0 Å². The number of benzene rings is 2. The number of amides is 2. The number of hydrogen-bond acceptors (Lipinski definition) is 4. The number of hydrazone groups is 1. The van der Waals surface area contributed by atoms with Crippen molar-refractivity contribution in [2.45, 2.75) is 26.3 Å². The molecule has 8 heteroatoms. The van der Waals surface area contributed by atoms with Gasteiger partial charge < -0.3 is 9.64 Å². The Kier molecular flexibility index (Phi) is 7.69. The van der Waals surface area contributed by atoms with Gasteiger partial charge in [-0.1, -0.05) is 44.2 Å². The Balaban J connectivity index is 1.91. The lowest BCUT2D eigenvalue weighted by molar-refractivity contribution is -0.143. The highest BCUT2D eigenvalue weighted by Gasteiger charge is 2.35. The van der Waals surface area contributed by atoms with Gasteiger partial charge in [0.2, 0.25) is 5.91 Å². The summed E-state index contributed by atoms with van der Waals surface area (Å²) in [5.74, 6) is -1.70. The number of nitrogens with zero attached hydrogens (tertiary/aromatic N) is 3. The van der Waals surface area contributed by atoms with Gasteiger partial charge in [-0.3, -0.25) is 9.59 Å². The molecule has 1 atom stereocenters. The highest BCUT2D eigenvalue weighted by atomic mass is 19.1. The molecule has 6 nitrogen and oxygen atoms in total. The molecule has 0 N–H and O–H groups in total. The average molecular weight is 443 g/mol. The maximum atomic E-state index is 14.4. The van der Waals surface area contributed by atoms with E-state index in [-0.39, 0.29) is 37.9 Å². The van der Waals surface area contributed by atoms with Crippen molar-refractivity contribution in [2.24, 2.45) is 11.0 Å². The van der Waals surface area contributed by atoms with Crippen LogP contribution in [0.25, 0.3) is 0 Å². The van der Waals surface area contributed by atoms with Gasteiger partial charge in [-0.2, -0.15) is 5.10 Å². The van der Waals surface area contributed by atoms with Crippen molar-refractivity contribution in [3.63, 3.8) is 0 Å². The Hall–Kier alpha value is -3.13. The molecule has 0 radical (unpaired) electrons. The highest BCUT2D eigenvalue weighted by molar-refractivity contribution is 6.03. The van der Waals surface area contributed by atoms with Crippen LogP contribution in [-0.4, -0.2) is 54.2 Å². The van der Waals surface area contributed by atoms with Crippen molar-refractivity contribution >= 4 is 17.5 Å². The number of methoxy groups -OCH3 is 1. The Morgan fingerprint density at radius 2 is 1.84 bits per heavy atom. The first-order valence-corrected chi connectivity index (χ1v) is 10.5. The van der Waals surface area contributed by atoms with Gasteiger partial charge in [-0.25, -0.2) is 13.8 Å². The van der Waals surface area contributed by atoms with Crippen molar-refractivity contribution in [1.29, 1.82) is 0 Å². The number of rotatable bonds is 8. The summed E-state index contributed by atoms with van der Waals surface area (Å²) in [6, 6.07) is 11.5. The summed E-state index contributed by atoms with van der Waals surface area (Å²) in [4.78, 5) is 27.3. The molecule has 0 saturated carbocycles. The summed E-state index contributed by atoms with van der Waals surface area (Å²) in [5.41, 5.74) is 1.40. The third-order valence-electron chi connectivity index (χ3n) is 5.30. The van der Waals surface area contributed by atoms with E-state index in [1.165, 1.54) is 35.2 Å². The van der Waals surface area contributed by atoms with Crippen molar-refractivity contribution < 1.29 is 23.1 Å². The minimum Gasteiger partial charge on any atom is -0.383 e. The molecular formula is C24H27F2N3O3. The normalized spacial score (nSPS) is 15.8. The predicted octanol–water partition coefficient (Wildman–Crippen LogP) is 3.77. The summed E-state index contributed by atoms with van der Waals surface area (Å²) in [6.07, 6.45) is 0.272. The summed E-state index contributed by atoms with van der Waals surface area (Å²) in [5, 5.41) is 5.71. The summed E-state index contributed by atoms with van der Waals surface area (Å²) in [6.45, 7) is 3.89. The SMILES string of the molecule is COCCN(CC(=O)N1N=C(c2ccccc2F)C[C@@H]1c1ccc(F)cc1)C(=O)C(C)C. The van der Waals surface area contributed by atoms with E-state index in [4.69, 9.17) is 4.74 Å². The van der Waals surface area contributed by atoms with Crippen LogP contribution in [-0.2, 0) is 14.3 Å². The van der Waals surface area contributed by atoms with Crippen LogP contribution in [0.2, 0.25) is 0 Å². The predicted molar refractivity (Wildman–Crippen MR) is 117 cm³/mol. The molecule has 1 aliphatic heterocycles. The zero-order valence-electron chi connectivity index (χ0n) is 18.4. The minimum atomic E-state index is -0.531. The van der Waals surface area contributed by atoms with Crippen LogP contribution in [0.15, 0.2) is 53.6 Å². The maximum Gasteiger partial charge on any atom is 0.262 e. The summed E-state index contributed by atoms with van der Waals surface area (Å²) < 4.78 is 32.9. The van der Waals surface area contributed by atoms with Gasteiger partial charge in [0.1, 0.15) is 18.2 Å². The van der Waals surface area contributed by atoms with Crippen molar-refractivity contribution in [3.8, 4) is 0 Å². The molecule has 0 aliphatic carbocycles. The quantitative estimate of drug-likeness (QED) is 0.624. The van der Waals surface area contributed by atoms with E-state index >= 15 is 0 Å². The zero-order valence-corrected chi connectivity index (χ0v) is 18.4. The van der Waals surface area contributed by atoms with Gasteiger partial charge in [-0.05, 0) is 23.8 Å². The fourth-order valence-electron chi connectivity index (χ4n) is 3.61. The lowest BCUT2D eigenvalue weighted by Gasteiger charge is -2.28. The molecule has 0 bridgehead atoms. The van der Waals surface area contributed by atoms with Crippen LogP contribution in [0.5, 0.6) is 0 Å². The summed E-state index contributed by atoms with van der Waals surface area (Å²) >= 11 is 0. The monoisotopic (exact) mass is 443 g/mol. The minimum absolute atomic E-state index is 0.175. The molecule has 2 amide bonds. The van der Waals surface area contributed by atoms with Crippen LogP contribution in [0.4, 0.5) is 8.78 Å². The number of hydrogen-bond donors (Lipinski definition) is 0. The zero-order chi connectivity index (χ0) is 23.3. The number of carbonyl (C=O) groups is 2. The van der Waals surface area contributed by atoms with E-state index in [1.807, 2.05) is 0 Å². The maximum absolute atomic E-state index is 14.4. The first-order chi connectivity index (χ1) is 15.3. The van der Waals surface area contributed by atoms with Crippen LogP contribution in [0.1, 0.15) is 37.4 Å². The van der Waals surface area contributed by atoms with E-state index < -0.39 is 23.6 Å². The largest absolute Gasteiger partial charge is 0.383 e. The molecule has 2 aromatic carbocycles. The molecule has 1 heterocycles. The van der Waals surface area contributed by atoms with E-state index in [0.29, 0.717) is 16.8 Å². The molecule has 0 aromatic heterocycles. The smallest absolute Gasteiger partial charge is 0.262 e. The van der Waals surface area contributed by atoms with Gasteiger partial charge in [0, 0.05) is 31.6 Å². The molecule has 170 valence electrons. The third-order valence-corrected chi connectivity index (χ3v) is 5.30. The fraction of sp³-hybridized carbons (Fsp3) is 0.375. The average Bonchev–Trinajstić information content (AvgIpc) is 3.22. The lowest BCUT2D eigenvalue weighted by atomic mass is 9.98.